The lowest BCUT2D eigenvalue weighted by atomic mass is 10.1. The van der Waals surface area contributed by atoms with Crippen LogP contribution in [0, 0.1) is 0 Å². The van der Waals surface area contributed by atoms with Crippen LogP contribution in [-0.2, 0) is 7.05 Å². The smallest absolute Gasteiger partial charge is 0.0948 e. The van der Waals surface area contributed by atoms with Gasteiger partial charge in [0, 0.05) is 13.6 Å². The molecular weight excluding hydrogens is 186 g/mol. The molecule has 84 valence electrons. The molecule has 0 bridgehead atoms. The highest BCUT2D eigenvalue weighted by molar-refractivity contribution is 5.48. The minimum atomic E-state index is 0.982. The fraction of sp³-hybridized carbons (Fsp3) is 0.583. The number of imidazole rings is 1. The maximum atomic E-state index is 4.10. The topological polar surface area (TPSA) is 29.9 Å². The molecular formula is C12H21N3. The molecule has 0 amide bonds. The molecule has 0 radical (unpaired) electrons. The van der Waals surface area contributed by atoms with Crippen molar-refractivity contribution in [3.8, 4) is 0 Å². The Balaban J connectivity index is 2.57. The van der Waals surface area contributed by atoms with Crippen molar-refractivity contribution in [1.29, 1.82) is 0 Å². The molecule has 0 aliphatic rings. The average Bonchev–Trinajstić information content (AvgIpc) is 2.63. The van der Waals surface area contributed by atoms with Gasteiger partial charge in [-0.25, -0.2) is 4.98 Å². The molecule has 0 aliphatic carbocycles. The van der Waals surface area contributed by atoms with Crippen LogP contribution >= 0.6 is 0 Å². The van der Waals surface area contributed by atoms with E-state index >= 15 is 0 Å². The number of nitrogens with one attached hydrogen (secondary N) is 1. The Morgan fingerprint density at radius 3 is 2.87 bits per heavy atom. The molecule has 1 aromatic heterocycles. The van der Waals surface area contributed by atoms with Crippen LogP contribution in [0.2, 0.25) is 0 Å². The van der Waals surface area contributed by atoms with E-state index in [9.17, 15) is 0 Å². The second-order valence-electron chi connectivity index (χ2n) is 3.76. The van der Waals surface area contributed by atoms with E-state index in [-0.39, 0.29) is 0 Å². The van der Waals surface area contributed by atoms with Gasteiger partial charge in [-0.1, -0.05) is 19.4 Å². The first kappa shape index (κ1) is 12.0. The molecule has 0 aromatic carbocycles. The molecule has 0 saturated carbocycles. The summed E-state index contributed by atoms with van der Waals surface area (Å²) in [6.07, 6.45) is 8.22. The van der Waals surface area contributed by atoms with Crippen molar-refractivity contribution in [2.45, 2.75) is 26.7 Å². The van der Waals surface area contributed by atoms with Crippen molar-refractivity contribution in [2.75, 3.05) is 13.1 Å². The lowest BCUT2D eigenvalue weighted by Crippen LogP contribution is -2.17. The van der Waals surface area contributed by atoms with Crippen molar-refractivity contribution < 1.29 is 0 Å². The molecule has 1 N–H and O–H groups in total. The Bertz CT molecular complexity index is 312. The van der Waals surface area contributed by atoms with Crippen LogP contribution in [0.15, 0.2) is 18.1 Å². The molecule has 1 rings (SSSR count). The van der Waals surface area contributed by atoms with Crippen molar-refractivity contribution >= 4 is 6.08 Å². The minimum Gasteiger partial charge on any atom is -0.334 e. The van der Waals surface area contributed by atoms with Crippen LogP contribution in [-0.4, -0.2) is 22.6 Å². The van der Waals surface area contributed by atoms with E-state index in [1.54, 1.807) is 0 Å². The van der Waals surface area contributed by atoms with E-state index in [0.717, 1.165) is 19.5 Å². The second-order valence-corrected chi connectivity index (χ2v) is 3.76. The van der Waals surface area contributed by atoms with Gasteiger partial charge in [0.05, 0.1) is 18.2 Å². The number of rotatable bonds is 6. The molecule has 3 heteroatoms. The monoisotopic (exact) mass is 207 g/mol. The lowest BCUT2D eigenvalue weighted by Gasteiger charge is -2.06. The van der Waals surface area contributed by atoms with E-state index in [2.05, 4.69) is 30.2 Å². The Kier molecular flexibility index (Phi) is 5.12. The molecule has 0 atom stereocenters. The molecule has 0 aliphatic heterocycles. The zero-order chi connectivity index (χ0) is 11.1. The van der Waals surface area contributed by atoms with Gasteiger partial charge in [-0.15, -0.1) is 0 Å². The first-order chi connectivity index (χ1) is 7.27. The molecule has 1 aromatic rings. The van der Waals surface area contributed by atoms with Crippen LogP contribution in [0.4, 0.5) is 0 Å². The van der Waals surface area contributed by atoms with Crippen molar-refractivity contribution in [1.82, 2.24) is 14.9 Å². The molecule has 1 heterocycles. The maximum Gasteiger partial charge on any atom is 0.0948 e. The third-order valence-electron chi connectivity index (χ3n) is 2.44. The Morgan fingerprint density at radius 2 is 2.33 bits per heavy atom. The summed E-state index contributed by atoms with van der Waals surface area (Å²) in [7, 11) is 2.02. The standard InChI is InChI=1S/C12H21N3/c1-4-6-13-8-11(5-2)7-12-9-14-10-15(12)3/h7,9-10,13H,4-6,8H2,1-3H3. The third kappa shape index (κ3) is 3.88. The van der Waals surface area contributed by atoms with Gasteiger partial charge in [0.15, 0.2) is 0 Å². The van der Waals surface area contributed by atoms with E-state index in [4.69, 9.17) is 0 Å². The molecule has 15 heavy (non-hydrogen) atoms. The Labute approximate surface area is 92.2 Å². The van der Waals surface area contributed by atoms with Gasteiger partial charge < -0.3 is 9.88 Å². The average molecular weight is 207 g/mol. The van der Waals surface area contributed by atoms with Gasteiger partial charge in [-0.2, -0.15) is 0 Å². The molecule has 0 saturated heterocycles. The van der Waals surface area contributed by atoms with Crippen LogP contribution < -0.4 is 5.32 Å². The van der Waals surface area contributed by atoms with E-state index in [1.807, 2.05) is 24.1 Å². The van der Waals surface area contributed by atoms with Gasteiger partial charge in [-0.05, 0) is 25.5 Å². The normalized spacial score (nSPS) is 12.1. The van der Waals surface area contributed by atoms with Crippen LogP contribution in [0.1, 0.15) is 32.4 Å². The minimum absolute atomic E-state index is 0.982. The van der Waals surface area contributed by atoms with Crippen LogP contribution in [0.3, 0.4) is 0 Å². The lowest BCUT2D eigenvalue weighted by molar-refractivity contribution is 0.705. The SMILES string of the molecule is CCCNCC(=Cc1cncn1C)CC. The summed E-state index contributed by atoms with van der Waals surface area (Å²) < 4.78 is 2.04. The van der Waals surface area contributed by atoms with Gasteiger partial charge >= 0.3 is 0 Å². The number of hydrogen-bond acceptors (Lipinski definition) is 2. The van der Waals surface area contributed by atoms with Gasteiger partial charge in [-0.3, -0.25) is 0 Å². The number of hydrogen-bond donors (Lipinski definition) is 1. The summed E-state index contributed by atoms with van der Waals surface area (Å²) in [6.45, 7) is 6.44. The maximum absolute atomic E-state index is 4.10. The first-order valence-corrected chi connectivity index (χ1v) is 5.64. The largest absolute Gasteiger partial charge is 0.334 e. The first-order valence-electron chi connectivity index (χ1n) is 5.64. The number of nitrogens with zero attached hydrogens (tertiary/aromatic N) is 2. The predicted octanol–water partition coefficient (Wildman–Crippen LogP) is 2.21. The quantitative estimate of drug-likeness (QED) is 0.725. The van der Waals surface area contributed by atoms with Crippen LogP contribution in [0.5, 0.6) is 0 Å². The Hall–Kier alpha value is -1.09. The van der Waals surface area contributed by atoms with Gasteiger partial charge in [0.2, 0.25) is 0 Å². The van der Waals surface area contributed by atoms with Crippen molar-refractivity contribution in [3.63, 3.8) is 0 Å². The van der Waals surface area contributed by atoms with Crippen LogP contribution in [0.25, 0.3) is 6.08 Å². The Morgan fingerprint density at radius 1 is 1.53 bits per heavy atom. The van der Waals surface area contributed by atoms with Crippen molar-refractivity contribution in [3.05, 3.63) is 23.8 Å². The molecule has 3 nitrogen and oxygen atoms in total. The fourth-order valence-electron chi connectivity index (χ4n) is 1.42. The zero-order valence-corrected chi connectivity index (χ0v) is 9.95. The van der Waals surface area contributed by atoms with Gasteiger partial charge in [0.1, 0.15) is 0 Å². The van der Waals surface area contributed by atoms with E-state index in [0.29, 0.717) is 0 Å². The second kappa shape index (κ2) is 6.40. The summed E-state index contributed by atoms with van der Waals surface area (Å²) in [5, 5.41) is 3.42. The summed E-state index contributed by atoms with van der Waals surface area (Å²) >= 11 is 0. The number of aryl methyl sites for hydroxylation is 1. The highest BCUT2D eigenvalue weighted by atomic mass is 15.0. The van der Waals surface area contributed by atoms with E-state index in [1.165, 1.54) is 17.7 Å². The highest BCUT2D eigenvalue weighted by Gasteiger charge is 1.97. The summed E-state index contributed by atoms with van der Waals surface area (Å²) in [5.74, 6) is 0. The third-order valence-corrected chi connectivity index (χ3v) is 2.44. The molecule has 0 unspecified atom stereocenters. The van der Waals surface area contributed by atoms with E-state index < -0.39 is 0 Å². The predicted molar refractivity (Wildman–Crippen MR) is 64.6 cm³/mol. The van der Waals surface area contributed by atoms with Gasteiger partial charge in [0.25, 0.3) is 0 Å². The zero-order valence-electron chi connectivity index (χ0n) is 9.95. The molecule has 0 spiro atoms. The summed E-state index contributed by atoms with van der Waals surface area (Å²) in [5.41, 5.74) is 2.59. The van der Waals surface area contributed by atoms with Crippen molar-refractivity contribution in [2.24, 2.45) is 7.05 Å². The summed E-state index contributed by atoms with van der Waals surface area (Å²) in [4.78, 5) is 4.10. The highest BCUT2D eigenvalue weighted by Crippen LogP contribution is 2.07. The fourth-order valence-corrected chi connectivity index (χ4v) is 1.42. The number of aromatic nitrogens is 2. The molecule has 0 fully saturated rings. The summed E-state index contributed by atoms with van der Waals surface area (Å²) in [6, 6.07) is 0.